The van der Waals surface area contributed by atoms with E-state index in [0.29, 0.717) is 5.92 Å². The van der Waals surface area contributed by atoms with Gasteiger partial charge in [0, 0.05) is 19.6 Å². The number of β-amino-alcohol motifs (C(OH)–C–C–N with tert-alkyl or cyclic N) is 1. The van der Waals surface area contributed by atoms with Crippen LogP contribution in [0.5, 0.6) is 0 Å². The zero-order valence-corrected chi connectivity index (χ0v) is 10.3. The average Bonchev–Trinajstić information content (AvgIpc) is 3.13. The molecule has 0 bridgehead atoms. The third-order valence-electron chi connectivity index (χ3n) is 3.99. The van der Waals surface area contributed by atoms with Crippen molar-refractivity contribution in [1.29, 1.82) is 0 Å². The quantitative estimate of drug-likeness (QED) is 0.862. The molecule has 1 N–H and O–H groups in total. The number of hydrogen-bond donors (Lipinski definition) is 1. The predicted octanol–water partition coefficient (Wildman–Crippen LogP) is 2.25. The van der Waals surface area contributed by atoms with E-state index < -0.39 is 0 Å². The molecule has 1 heterocycles. The van der Waals surface area contributed by atoms with Crippen LogP contribution in [0.3, 0.4) is 0 Å². The Balaban J connectivity index is 1.67. The number of benzene rings is 1. The van der Waals surface area contributed by atoms with Crippen LogP contribution in [0.4, 0.5) is 0 Å². The Labute approximate surface area is 103 Å². The Hall–Kier alpha value is -0.860. The fourth-order valence-corrected chi connectivity index (χ4v) is 2.94. The highest BCUT2D eigenvalue weighted by atomic mass is 16.3. The minimum absolute atomic E-state index is 0.146. The van der Waals surface area contributed by atoms with E-state index in [1.165, 1.54) is 24.9 Å². The fourth-order valence-electron chi connectivity index (χ4n) is 2.94. The molecule has 0 spiro atoms. The molecule has 2 fully saturated rings. The molecule has 1 aromatic rings. The number of hydrogen-bond acceptors (Lipinski definition) is 2. The first-order valence-corrected chi connectivity index (χ1v) is 6.76. The minimum Gasteiger partial charge on any atom is -0.392 e. The van der Waals surface area contributed by atoms with E-state index in [-0.39, 0.29) is 6.10 Å². The minimum atomic E-state index is -0.146. The lowest BCUT2D eigenvalue weighted by Crippen LogP contribution is -2.43. The van der Waals surface area contributed by atoms with E-state index in [4.69, 9.17) is 0 Å². The summed E-state index contributed by atoms with van der Waals surface area (Å²) in [5.41, 5.74) is 1.38. The molecule has 1 aliphatic carbocycles. The van der Waals surface area contributed by atoms with Crippen LogP contribution in [0.25, 0.3) is 0 Å². The lowest BCUT2D eigenvalue weighted by Gasteiger charge is -2.36. The SMILES string of the molecule is O[C@H]1C[C@@H](c2ccccc2)CN(CC2CC2)C1. The van der Waals surface area contributed by atoms with Crippen molar-refractivity contribution in [2.75, 3.05) is 19.6 Å². The normalized spacial score (nSPS) is 30.4. The molecule has 1 aromatic carbocycles. The molecule has 17 heavy (non-hydrogen) atoms. The topological polar surface area (TPSA) is 23.5 Å². The second-order valence-electron chi connectivity index (χ2n) is 5.66. The summed E-state index contributed by atoms with van der Waals surface area (Å²) in [4.78, 5) is 2.46. The van der Waals surface area contributed by atoms with Crippen LogP contribution in [-0.2, 0) is 0 Å². The highest BCUT2D eigenvalue weighted by Crippen LogP contribution is 2.33. The Kier molecular flexibility index (Phi) is 3.17. The van der Waals surface area contributed by atoms with Gasteiger partial charge in [-0.2, -0.15) is 0 Å². The van der Waals surface area contributed by atoms with Crippen molar-refractivity contribution in [2.45, 2.75) is 31.3 Å². The van der Waals surface area contributed by atoms with Gasteiger partial charge in [0.15, 0.2) is 0 Å². The number of likely N-dealkylation sites (tertiary alicyclic amines) is 1. The van der Waals surface area contributed by atoms with Crippen molar-refractivity contribution < 1.29 is 5.11 Å². The van der Waals surface area contributed by atoms with Crippen molar-refractivity contribution in [3.63, 3.8) is 0 Å². The van der Waals surface area contributed by atoms with Gasteiger partial charge in [0.2, 0.25) is 0 Å². The summed E-state index contributed by atoms with van der Waals surface area (Å²) >= 11 is 0. The number of rotatable bonds is 3. The zero-order chi connectivity index (χ0) is 11.7. The number of aliphatic hydroxyl groups excluding tert-OH is 1. The van der Waals surface area contributed by atoms with Crippen molar-refractivity contribution >= 4 is 0 Å². The van der Waals surface area contributed by atoms with Crippen LogP contribution in [-0.4, -0.2) is 35.7 Å². The van der Waals surface area contributed by atoms with E-state index in [1.54, 1.807) is 0 Å². The molecule has 0 unspecified atom stereocenters. The van der Waals surface area contributed by atoms with E-state index in [9.17, 15) is 5.11 Å². The van der Waals surface area contributed by atoms with E-state index in [1.807, 2.05) is 0 Å². The van der Waals surface area contributed by atoms with E-state index >= 15 is 0 Å². The maximum atomic E-state index is 10.0. The summed E-state index contributed by atoms with van der Waals surface area (Å²) in [6, 6.07) is 10.6. The molecule has 1 saturated carbocycles. The first kappa shape index (κ1) is 11.2. The molecule has 2 nitrogen and oxygen atoms in total. The number of nitrogens with zero attached hydrogens (tertiary/aromatic N) is 1. The largest absolute Gasteiger partial charge is 0.392 e. The smallest absolute Gasteiger partial charge is 0.0673 e. The van der Waals surface area contributed by atoms with Gasteiger partial charge in [-0.25, -0.2) is 0 Å². The summed E-state index contributed by atoms with van der Waals surface area (Å²) in [6.45, 7) is 3.19. The van der Waals surface area contributed by atoms with Crippen LogP contribution >= 0.6 is 0 Å². The van der Waals surface area contributed by atoms with Crippen LogP contribution in [0.1, 0.15) is 30.7 Å². The van der Waals surface area contributed by atoms with Gasteiger partial charge < -0.3 is 5.11 Å². The Morgan fingerprint density at radius 2 is 1.88 bits per heavy atom. The average molecular weight is 231 g/mol. The summed E-state index contributed by atoms with van der Waals surface area (Å²) in [5.74, 6) is 1.43. The predicted molar refractivity (Wildman–Crippen MR) is 69.0 cm³/mol. The molecule has 1 aliphatic heterocycles. The van der Waals surface area contributed by atoms with Crippen LogP contribution < -0.4 is 0 Å². The molecule has 2 aliphatic rings. The van der Waals surface area contributed by atoms with Crippen molar-refractivity contribution in [3.8, 4) is 0 Å². The number of aliphatic hydroxyl groups is 1. The summed E-state index contributed by atoms with van der Waals surface area (Å²) in [5, 5.41) is 10.0. The molecule has 0 radical (unpaired) electrons. The fraction of sp³-hybridized carbons (Fsp3) is 0.600. The van der Waals surface area contributed by atoms with Gasteiger partial charge in [-0.15, -0.1) is 0 Å². The zero-order valence-electron chi connectivity index (χ0n) is 10.3. The van der Waals surface area contributed by atoms with Gasteiger partial charge in [-0.05, 0) is 36.7 Å². The molecule has 92 valence electrons. The van der Waals surface area contributed by atoms with Crippen molar-refractivity contribution in [2.24, 2.45) is 5.92 Å². The van der Waals surface area contributed by atoms with E-state index in [2.05, 4.69) is 35.2 Å². The lowest BCUT2D eigenvalue weighted by atomic mass is 9.89. The van der Waals surface area contributed by atoms with Gasteiger partial charge >= 0.3 is 0 Å². The first-order chi connectivity index (χ1) is 8.31. The summed E-state index contributed by atoms with van der Waals surface area (Å²) < 4.78 is 0. The third kappa shape index (κ3) is 2.88. The maximum Gasteiger partial charge on any atom is 0.0673 e. The molecular weight excluding hydrogens is 210 g/mol. The second-order valence-corrected chi connectivity index (χ2v) is 5.66. The molecule has 3 rings (SSSR count). The second kappa shape index (κ2) is 4.79. The maximum absolute atomic E-state index is 10.0. The Morgan fingerprint density at radius 3 is 2.59 bits per heavy atom. The Morgan fingerprint density at radius 1 is 1.12 bits per heavy atom. The van der Waals surface area contributed by atoms with Gasteiger partial charge in [0.1, 0.15) is 0 Å². The monoisotopic (exact) mass is 231 g/mol. The van der Waals surface area contributed by atoms with Crippen LogP contribution in [0, 0.1) is 5.92 Å². The summed E-state index contributed by atoms with van der Waals surface area (Å²) in [6.07, 6.45) is 3.56. The van der Waals surface area contributed by atoms with Gasteiger partial charge in [0.25, 0.3) is 0 Å². The van der Waals surface area contributed by atoms with Gasteiger partial charge in [-0.3, -0.25) is 4.90 Å². The lowest BCUT2D eigenvalue weighted by molar-refractivity contribution is 0.0565. The Bertz CT molecular complexity index is 358. The third-order valence-corrected chi connectivity index (χ3v) is 3.99. The van der Waals surface area contributed by atoms with Crippen LogP contribution in [0.15, 0.2) is 30.3 Å². The van der Waals surface area contributed by atoms with E-state index in [0.717, 1.165) is 25.4 Å². The molecule has 0 aromatic heterocycles. The molecule has 1 saturated heterocycles. The van der Waals surface area contributed by atoms with Gasteiger partial charge in [0.05, 0.1) is 6.10 Å². The first-order valence-electron chi connectivity index (χ1n) is 6.76. The molecule has 0 amide bonds. The molecule has 2 heteroatoms. The molecular formula is C15H21NO. The standard InChI is InChI=1S/C15H21NO/c17-15-8-14(13-4-2-1-3-5-13)10-16(11-15)9-12-6-7-12/h1-5,12,14-15,17H,6-11H2/t14-,15+/m1/s1. The van der Waals surface area contributed by atoms with Crippen LogP contribution in [0.2, 0.25) is 0 Å². The molecule has 2 atom stereocenters. The summed E-state index contributed by atoms with van der Waals surface area (Å²) in [7, 11) is 0. The highest BCUT2D eigenvalue weighted by Gasteiger charge is 2.31. The number of piperidine rings is 1. The highest BCUT2D eigenvalue weighted by molar-refractivity contribution is 5.20. The van der Waals surface area contributed by atoms with Crippen molar-refractivity contribution in [1.82, 2.24) is 4.90 Å². The van der Waals surface area contributed by atoms with Gasteiger partial charge in [-0.1, -0.05) is 30.3 Å². The van der Waals surface area contributed by atoms with Crippen molar-refractivity contribution in [3.05, 3.63) is 35.9 Å².